The van der Waals surface area contributed by atoms with Crippen LogP contribution in [0.4, 0.5) is 0 Å². The van der Waals surface area contributed by atoms with Gasteiger partial charge in [-0.05, 0) is 25.5 Å². The van der Waals surface area contributed by atoms with Gasteiger partial charge in [-0.2, -0.15) is 0 Å². The molecule has 1 aliphatic rings. The van der Waals surface area contributed by atoms with E-state index in [9.17, 15) is 9.59 Å². The summed E-state index contributed by atoms with van der Waals surface area (Å²) in [5, 5.41) is 0. The lowest BCUT2D eigenvalue weighted by Gasteiger charge is -2.39. The molecule has 0 saturated carbocycles. The van der Waals surface area contributed by atoms with E-state index >= 15 is 0 Å². The van der Waals surface area contributed by atoms with Gasteiger partial charge in [0, 0.05) is 26.7 Å². The van der Waals surface area contributed by atoms with E-state index in [0.717, 1.165) is 0 Å². The zero-order valence-electron chi connectivity index (χ0n) is 14.7. The van der Waals surface area contributed by atoms with Crippen molar-refractivity contribution >= 4 is 11.8 Å². The molecule has 0 aliphatic carbocycles. The third-order valence-corrected chi connectivity index (χ3v) is 4.17. The number of ether oxygens (including phenoxy) is 2. The average Bonchev–Trinajstić information content (AvgIpc) is 2.60. The molecule has 6 heteroatoms. The van der Waals surface area contributed by atoms with E-state index in [1.807, 2.05) is 26.0 Å². The van der Waals surface area contributed by atoms with Gasteiger partial charge in [-0.15, -0.1) is 0 Å². The van der Waals surface area contributed by atoms with Gasteiger partial charge in [-0.25, -0.2) is 0 Å². The minimum absolute atomic E-state index is 0.00755. The van der Waals surface area contributed by atoms with Crippen molar-refractivity contribution in [2.75, 3.05) is 40.0 Å². The van der Waals surface area contributed by atoms with E-state index in [1.165, 1.54) is 0 Å². The van der Waals surface area contributed by atoms with Crippen molar-refractivity contribution < 1.29 is 19.1 Å². The second kappa shape index (κ2) is 8.68. The largest absolute Gasteiger partial charge is 0.490 e. The van der Waals surface area contributed by atoms with E-state index in [2.05, 4.69) is 0 Å². The summed E-state index contributed by atoms with van der Waals surface area (Å²) in [6.07, 6.45) is 0.599. The Bertz CT molecular complexity index is 576. The SMILES string of the molecule is CCOCCOc1ccccc1C(=O)N1CCN(C)C(=O)C1CC. The number of hydrogen-bond acceptors (Lipinski definition) is 4. The van der Waals surface area contributed by atoms with Crippen LogP contribution in [0.15, 0.2) is 24.3 Å². The van der Waals surface area contributed by atoms with Crippen molar-refractivity contribution in [3.8, 4) is 5.75 Å². The fourth-order valence-corrected chi connectivity index (χ4v) is 2.83. The number of carbonyl (C=O) groups excluding carboxylic acids is 2. The van der Waals surface area contributed by atoms with E-state index in [-0.39, 0.29) is 11.8 Å². The highest BCUT2D eigenvalue weighted by Gasteiger charge is 2.35. The van der Waals surface area contributed by atoms with Crippen LogP contribution in [-0.4, -0.2) is 67.6 Å². The van der Waals surface area contributed by atoms with E-state index in [4.69, 9.17) is 9.47 Å². The Balaban J connectivity index is 2.15. The molecule has 1 fully saturated rings. The Morgan fingerprint density at radius 3 is 2.67 bits per heavy atom. The fraction of sp³-hybridized carbons (Fsp3) is 0.556. The summed E-state index contributed by atoms with van der Waals surface area (Å²) < 4.78 is 11.0. The van der Waals surface area contributed by atoms with Crippen LogP contribution < -0.4 is 4.74 Å². The lowest BCUT2D eigenvalue weighted by molar-refractivity contribution is -0.138. The molecule has 1 aromatic rings. The van der Waals surface area contributed by atoms with E-state index < -0.39 is 6.04 Å². The number of carbonyl (C=O) groups is 2. The van der Waals surface area contributed by atoms with Crippen LogP contribution in [0.1, 0.15) is 30.6 Å². The summed E-state index contributed by atoms with van der Waals surface area (Å²) in [4.78, 5) is 28.6. The van der Waals surface area contributed by atoms with Gasteiger partial charge in [0.15, 0.2) is 0 Å². The normalized spacial score (nSPS) is 18.0. The third-order valence-electron chi connectivity index (χ3n) is 4.17. The molecule has 0 radical (unpaired) electrons. The lowest BCUT2D eigenvalue weighted by atomic mass is 10.1. The predicted octanol–water partition coefficient (Wildman–Crippen LogP) is 1.79. The highest BCUT2D eigenvalue weighted by atomic mass is 16.5. The van der Waals surface area contributed by atoms with E-state index in [0.29, 0.717) is 50.6 Å². The second-order valence-corrected chi connectivity index (χ2v) is 5.72. The Kier molecular flexibility index (Phi) is 6.61. The molecule has 1 aliphatic heterocycles. The highest BCUT2D eigenvalue weighted by Crippen LogP contribution is 2.23. The number of amides is 2. The summed E-state index contributed by atoms with van der Waals surface area (Å²) in [7, 11) is 1.78. The zero-order valence-corrected chi connectivity index (χ0v) is 14.7. The maximum atomic E-state index is 13.0. The molecule has 1 atom stereocenters. The van der Waals surface area contributed by atoms with Crippen LogP contribution in [0.3, 0.4) is 0 Å². The van der Waals surface area contributed by atoms with Crippen LogP contribution in [0.25, 0.3) is 0 Å². The maximum absolute atomic E-state index is 13.0. The maximum Gasteiger partial charge on any atom is 0.258 e. The van der Waals surface area contributed by atoms with Gasteiger partial charge in [-0.3, -0.25) is 9.59 Å². The summed E-state index contributed by atoms with van der Waals surface area (Å²) in [5.74, 6) is 0.366. The molecule has 0 N–H and O–H groups in total. The summed E-state index contributed by atoms with van der Waals surface area (Å²) >= 11 is 0. The molecule has 1 saturated heterocycles. The van der Waals surface area contributed by atoms with Crippen molar-refractivity contribution in [2.45, 2.75) is 26.3 Å². The molecule has 1 aromatic carbocycles. The smallest absolute Gasteiger partial charge is 0.258 e. The third kappa shape index (κ3) is 4.06. The van der Waals surface area contributed by atoms with Gasteiger partial charge in [0.05, 0.1) is 12.2 Å². The van der Waals surface area contributed by atoms with Crippen molar-refractivity contribution in [1.82, 2.24) is 9.80 Å². The summed E-state index contributed by atoms with van der Waals surface area (Å²) in [6.45, 7) is 6.42. The minimum Gasteiger partial charge on any atom is -0.490 e. The highest BCUT2D eigenvalue weighted by molar-refractivity contribution is 6.00. The number of benzene rings is 1. The molecule has 2 amide bonds. The van der Waals surface area contributed by atoms with Crippen LogP contribution in [0.5, 0.6) is 5.75 Å². The minimum atomic E-state index is -0.410. The summed E-state index contributed by atoms with van der Waals surface area (Å²) in [5.41, 5.74) is 0.491. The topological polar surface area (TPSA) is 59.1 Å². The first-order chi connectivity index (χ1) is 11.6. The second-order valence-electron chi connectivity index (χ2n) is 5.72. The summed E-state index contributed by atoms with van der Waals surface area (Å²) in [6, 6.07) is 6.75. The van der Waals surface area contributed by atoms with E-state index in [1.54, 1.807) is 29.0 Å². The quantitative estimate of drug-likeness (QED) is 0.714. The molecular formula is C18H26N2O4. The van der Waals surface area contributed by atoms with Crippen LogP contribution >= 0.6 is 0 Å². The van der Waals surface area contributed by atoms with Crippen molar-refractivity contribution in [1.29, 1.82) is 0 Å². The van der Waals surface area contributed by atoms with Crippen LogP contribution in [0.2, 0.25) is 0 Å². The first-order valence-corrected chi connectivity index (χ1v) is 8.45. The van der Waals surface area contributed by atoms with Crippen molar-refractivity contribution in [3.63, 3.8) is 0 Å². The Labute approximate surface area is 143 Å². The zero-order chi connectivity index (χ0) is 17.5. The number of piperazine rings is 1. The van der Waals surface area contributed by atoms with Crippen LogP contribution in [0, 0.1) is 0 Å². The van der Waals surface area contributed by atoms with Gasteiger partial charge in [-0.1, -0.05) is 19.1 Å². The monoisotopic (exact) mass is 334 g/mol. The van der Waals surface area contributed by atoms with Crippen molar-refractivity contribution in [3.05, 3.63) is 29.8 Å². The molecular weight excluding hydrogens is 308 g/mol. The Morgan fingerprint density at radius 1 is 1.21 bits per heavy atom. The molecule has 1 heterocycles. The average molecular weight is 334 g/mol. The molecule has 0 bridgehead atoms. The molecule has 6 nitrogen and oxygen atoms in total. The number of likely N-dealkylation sites (N-methyl/N-ethyl adjacent to an activating group) is 1. The molecule has 0 spiro atoms. The van der Waals surface area contributed by atoms with Crippen LogP contribution in [-0.2, 0) is 9.53 Å². The van der Waals surface area contributed by atoms with Gasteiger partial charge in [0.25, 0.3) is 5.91 Å². The van der Waals surface area contributed by atoms with Gasteiger partial charge in [0.2, 0.25) is 5.91 Å². The molecule has 1 unspecified atom stereocenters. The van der Waals surface area contributed by atoms with Gasteiger partial charge < -0.3 is 19.3 Å². The molecule has 2 rings (SSSR count). The Hall–Kier alpha value is -2.08. The van der Waals surface area contributed by atoms with Crippen molar-refractivity contribution in [2.24, 2.45) is 0 Å². The fourth-order valence-electron chi connectivity index (χ4n) is 2.83. The first-order valence-electron chi connectivity index (χ1n) is 8.45. The number of para-hydroxylation sites is 1. The molecule has 0 aromatic heterocycles. The standard InChI is InChI=1S/C18H26N2O4/c1-4-15-18(22)19(3)10-11-20(15)17(21)14-8-6-7-9-16(14)24-13-12-23-5-2/h6-9,15H,4-5,10-13H2,1-3H3. The molecule has 24 heavy (non-hydrogen) atoms. The Morgan fingerprint density at radius 2 is 1.96 bits per heavy atom. The number of rotatable bonds is 7. The number of nitrogens with zero attached hydrogens (tertiary/aromatic N) is 2. The van der Waals surface area contributed by atoms with Gasteiger partial charge in [0.1, 0.15) is 18.4 Å². The first kappa shape index (κ1) is 18.3. The predicted molar refractivity (Wildman–Crippen MR) is 91.2 cm³/mol. The lowest BCUT2D eigenvalue weighted by Crippen LogP contribution is -2.57. The number of hydrogen-bond donors (Lipinski definition) is 0. The van der Waals surface area contributed by atoms with Gasteiger partial charge >= 0.3 is 0 Å². The molecule has 132 valence electrons.